The number of thioether (sulfide) groups is 1. The summed E-state index contributed by atoms with van der Waals surface area (Å²) in [5.41, 5.74) is 0.272. The van der Waals surface area contributed by atoms with E-state index in [2.05, 4.69) is 9.97 Å². The molecule has 0 fully saturated rings. The summed E-state index contributed by atoms with van der Waals surface area (Å²) in [6, 6.07) is 0.111. The molecule has 0 bridgehead atoms. The fourth-order valence-corrected chi connectivity index (χ4v) is 2.16. The van der Waals surface area contributed by atoms with E-state index >= 15 is 0 Å². The molecule has 1 rings (SSSR count). The molecule has 7 nitrogen and oxygen atoms in total. The maximum Gasteiger partial charge on any atom is 0.319 e. The highest BCUT2D eigenvalue weighted by Crippen LogP contribution is 2.27. The van der Waals surface area contributed by atoms with Gasteiger partial charge in [-0.2, -0.15) is 4.98 Å². The van der Waals surface area contributed by atoms with Crippen molar-refractivity contribution in [2.75, 3.05) is 20.0 Å². The van der Waals surface area contributed by atoms with Crippen LogP contribution in [0.5, 0.6) is 11.9 Å². The fraction of sp³-hybridized carbons (Fsp3) is 0.583. The second-order valence-electron chi connectivity index (χ2n) is 3.96. The Balaban J connectivity index is 2.74. The van der Waals surface area contributed by atoms with Crippen molar-refractivity contribution in [3.8, 4) is 11.9 Å². The van der Waals surface area contributed by atoms with Gasteiger partial charge in [0.15, 0.2) is 5.12 Å². The average Bonchev–Trinajstić information content (AvgIpc) is 2.45. The van der Waals surface area contributed by atoms with Gasteiger partial charge in [-0.05, 0) is 6.42 Å². The summed E-state index contributed by atoms with van der Waals surface area (Å²) in [5, 5.41) is 20.0. The van der Waals surface area contributed by atoms with Crippen LogP contribution in [0.2, 0.25) is 0 Å². The Labute approximate surface area is 121 Å². The number of carbonyl (C=O) groups is 1. The number of hydrogen-bond acceptors (Lipinski definition) is 8. The molecule has 1 aromatic heterocycles. The van der Waals surface area contributed by atoms with Crippen molar-refractivity contribution >= 4 is 16.9 Å². The van der Waals surface area contributed by atoms with Crippen LogP contribution in [0.1, 0.15) is 25.0 Å². The van der Waals surface area contributed by atoms with Crippen LogP contribution >= 0.6 is 11.8 Å². The van der Waals surface area contributed by atoms with Crippen molar-refractivity contribution in [1.82, 2.24) is 9.97 Å². The van der Waals surface area contributed by atoms with Crippen LogP contribution in [-0.2, 0) is 4.79 Å². The van der Waals surface area contributed by atoms with E-state index in [9.17, 15) is 15.0 Å². The molecule has 0 aromatic carbocycles. The minimum absolute atomic E-state index is 0.0305. The normalized spacial score (nSPS) is 13.7. The second kappa shape index (κ2) is 8.03. The average molecular weight is 302 g/mol. The minimum Gasteiger partial charge on any atom is -0.481 e. The largest absolute Gasteiger partial charge is 0.481 e. The van der Waals surface area contributed by atoms with Crippen LogP contribution < -0.4 is 9.47 Å². The van der Waals surface area contributed by atoms with Crippen molar-refractivity contribution in [2.24, 2.45) is 0 Å². The molecule has 2 unspecified atom stereocenters. The highest BCUT2D eigenvalue weighted by Gasteiger charge is 2.23. The Bertz CT molecular complexity index is 457. The maximum absolute atomic E-state index is 10.8. The Morgan fingerprint density at radius 2 is 2.10 bits per heavy atom. The number of aromatic nitrogens is 2. The van der Waals surface area contributed by atoms with Gasteiger partial charge >= 0.3 is 6.01 Å². The first-order valence-electron chi connectivity index (χ1n) is 5.94. The lowest BCUT2D eigenvalue weighted by Gasteiger charge is -2.19. The highest BCUT2D eigenvalue weighted by molar-refractivity contribution is 8.13. The summed E-state index contributed by atoms with van der Waals surface area (Å²) < 4.78 is 9.90. The third-order valence-electron chi connectivity index (χ3n) is 2.54. The number of carbonyl (C=O) groups excluding carboxylic acids is 1. The lowest BCUT2D eigenvalue weighted by molar-refractivity contribution is -0.109. The standard InChI is InChI=1S/C12H18N2O5S/c1-7(15)20-5-4-9(16)10(17)8-6-13-12(19-3)14-11(8)18-2/h6,9-10,16-17H,4-5H2,1-3H3. The van der Waals surface area contributed by atoms with E-state index in [0.29, 0.717) is 5.75 Å². The van der Waals surface area contributed by atoms with Gasteiger partial charge in [-0.25, -0.2) is 4.98 Å². The quantitative estimate of drug-likeness (QED) is 0.753. The van der Waals surface area contributed by atoms with E-state index in [-0.39, 0.29) is 29.0 Å². The number of methoxy groups -OCH3 is 2. The van der Waals surface area contributed by atoms with Gasteiger partial charge in [0, 0.05) is 18.9 Å². The van der Waals surface area contributed by atoms with Crippen LogP contribution in [0.3, 0.4) is 0 Å². The molecule has 20 heavy (non-hydrogen) atoms. The van der Waals surface area contributed by atoms with E-state index in [1.807, 2.05) is 0 Å². The third-order valence-corrected chi connectivity index (χ3v) is 3.38. The monoisotopic (exact) mass is 302 g/mol. The molecule has 1 aromatic rings. The number of rotatable bonds is 7. The van der Waals surface area contributed by atoms with Crippen molar-refractivity contribution < 1.29 is 24.5 Å². The Kier molecular flexibility index (Phi) is 6.69. The smallest absolute Gasteiger partial charge is 0.319 e. The number of nitrogens with zero attached hydrogens (tertiary/aromatic N) is 2. The zero-order chi connectivity index (χ0) is 15.1. The van der Waals surface area contributed by atoms with Gasteiger partial charge in [0.2, 0.25) is 5.88 Å². The number of aliphatic hydroxyl groups is 2. The molecule has 1 heterocycles. The molecular formula is C12H18N2O5S. The van der Waals surface area contributed by atoms with Gasteiger partial charge in [-0.1, -0.05) is 11.8 Å². The summed E-state index contributed by atoms with van der Waals surface area (Å²) in [4.78, 5) is 18.6. The van der Waals surface area contributed by atoms with E-state index < -0.39 is 12.2 Å². The molecule has 0 saturated heterocycles. The zero-order valence-electron chi connectivity index (χ0n) is 11.6. The lowest BCUT2D eigenvalue weighted by atomic mass is 10.1. The Morgan fingerprint density at radius 1 is 1.40 bits per heavy atom. The molecule has 8 heteroatoms. The van der Waals surface area contributed by atoms with Crippen molar-refractivity contribution in [2.45, 2.75) is 25.6 Å². The highest BCUT2D eigenvalue weighted by atomic mass is 32.2. The minimum atomic E-state index is -1.19. The molecule has 0 amide bonds. The van der Waals surface area contributed by atoms with Gasteiger partial charge in [-0.15, -0.1) is 0 Å². The molecule has 0 aliphatic carbocycles. The Hall–Kier alpha value is -1.38. The summed E-state index contributed by atoms with van der Waals surface area (Å²) in [6.45, 7) is 1.45. The van der Waals surface area contributed by atoms with E-state index in [1.54, 1.807) is 0 Å². The van der Waals surface area contributed by atoms with Crippen molar-refractivity contribution in [1.29, 1.82) is 0 Å². The molecule has 0 aliphatic rings. The molecule has 0 saturated carbocycles. The topological polar surface area (TPSA) is 102 Å². The summed E-state index contributed by atoms with van der Waals surface area (Å²) in [5.74, 6) is 0.565. The van der Waals surface area contributed by atoms with Crippen LogP contribution in [0.25, 0.3) is 0 Å². The van der Waals surface area contributed by atoms with Gasteiger partial charge in [0.25, 0.3) is 0 Å². The maximum atomic E-state index is 10.8. The molecule has 2 atom stereocenters. The summed E-state index contributed by atoms with van der Waals surface area (Å²) in [6.07, 6.45) is -0.617. The van der Waals surface area contributed by atoms with E-state index in [4.69, 9.17) is 9.47 Å². The van der Waals surface area contributed by atoms with Crippen LogP contribution in [0.15, 0.2) is 6.20 Å². The van der Waals surface area contributed by atoms with E-state index in [0.717, 1.165) is 11.8 Å². The van der Waals surface area contributed by atoms with Crippen LogP contribution in [0, 0.1) is 0 Å². The summed E-state index contributed by atoms with van der Waals surface area (Å²) >= 11 is 1.10. The number of hydrogen-bond donors (Lipinski definition) is 2. The molecule has 0 aliphatic heterocycles. The van der Waals surface area contributed by atoms with Crippen molar-refractivity contribution in [3.05, 3.63) is 11.8 Å². The zero-order valence-corrected chi connectivity index (χ0v) is 12.4. The van der Waals surface area contributed by atoms with Crippen molar-refractivity contribution in [3.63, 3.8) is 0 Å². The predicted molar refractivity (Wildman–Crippen MR) is 73.9 cm³/mol. The molecule has 112 valence electrons. The summed E-state index contributed by atoms with van der Waals surface area (Å²) in [7, 11) is 2.81. The first kappa shape index (κ1) is 16.7. The second-order valence-corrected chi connectivity index (χ2v) is 5.23. The first-order chi connectivity index (χ1) is 9.49. The molecular weight excluding hydrogens is 284 g/mol. The Morgan fingerprint density at radius 3 is 2.65 bits per heavy atom. The van der Waals surface area contributed by atoms with Gasteiger partial charge in [-0.3, -0.25) is 4.79 Å². The number of ether oxygens (including phenoxy) is 2. The first-order valence-corrected chi connectivity index (χ1v) is 6.92. The van der Waals surface area contributed by atoms with Gasteiger partial charge < -0.3 is 19.7 Å². The molecule has 0 radical (unpaired) electrons. The molecule has 0 spiro atoms. The fourth-order valence-electron chi connectivity index (χ4n) is 1.51. The SMILES string of the molecule is COc1ncc(C(O)C(O)CCSC(C)=O)c(OC)n1. The number of aliphatic hydroxyl groups excluding tert-OH is 2. The van der Waals surface area contributed by atoms with Gasteiger partial charge in [0.05, 0.1) is 25.9 Å². The third kappa shape index (κ3) is 4.62. The van der Waals surface area contributed by atoms with Crippen LogP contribution in [0.4, 0.5) is 0 Å². The van der Waals surface area contributed by atoms with Gasteiger partial charge in [0.1, 0.15) is 6.10 Å². The van der Waals surface area contributed by atoms with E-state index in [1.165, 1.54) is 27.3 Å². The lowest BCUT2D eigenvalue weighted by Crippen LogP contribution is -2.20. The van der Waals surface area contributed by atoms with Crippen LogP contribution in [-0.4, -0.2) is 51.4 Å². The molecule has 2 N–H and O–H groups in total. The predicted octanol–water partition coefficient (Wildman–Crippen LogP) is 0.558.